The molecule has 7 heteroatoms. The van der Waals surface area contributed by atoms with Gasteiger partial charge in [0.15, 0.2) is 0 Å². The molecule has 0 fully saturated rings. The van der Waals surface area contributed by atoms with E-state index in [1.165, 1.54) is 5.56 Å². The monoisotopic (exact) mass is 305 g/mol. The highest BCUT2D eigenvalue weighted by Crippen LogP contribution is 2.18. The zero-order valence-electron chi connectivity index (χ0n) is 12.2. The molecule has 0 saturated carbocycles. The number of nitrogens with zero attached hydrogens (tertiary/aromatic N) is 1. The molecule has 0 saturated heterocycles. The average molecular weight is 305 g/mol. The topological polar surface area (TPSA) is 98.7 Å². The number of carboxylic acid groups (broad SMARTS) is 1. The van der Waals surface area contributed by atoms with E-state index in [2.05, 4.69) is 16.7 Å². The third kappa shape index (κ3) is 4.47. The van der Waals surface area contributed by atoms with Crippen LogP contribution < -0.4 is 10.6 Å². The second kappa shape index (κ2) is 7.44. The second-order valence-electron chi connectivity index (χ2n) is 5.09. The fraction of sp³-hybridized carbons (Fsp3) is 0.400. The molecule has 0 aromatic heterocycles. The quantitative estimate of drug-likeness (QED) is 0.731. The van der Waals surface area contributed by atoms with Crippen LogP contribution in [0.5, 0.6) is 0 Å². The van der Waals surface area contributed by atoms with Gasteiger partial charge in [0.1, 0.15) is 6.54 Å². The van der Waals surface area contributed by atoms with Crippen molar-refractivity contribution >= 4 is 17.9 Å². The Morgan fingerprint density at radius 2 is 1.86 bits per heavy atom. The van der Waals surface area contributed by atoms with Gasteiger partial charge in [-0.25, -0.2) is 4.79 Å². The van der Waals surface area contributed by atoms with E-state index in [0.29, 0.717) is 13.1 Å². The first-order valence-corrected chi connectivity index (χ1v) is 7.14. The zero-order valence-corrected chi connectivity index (χ0v) is 12.2. The Labute approximate surface area is 128 Å². The van der Waals surface area contributed by atoms with Crippen molar-refractivity contribution in [1.29, 1.82) is 0 Å². The van der Waals surface area contributed by atoms with E-state index in [1.807, 2.05) is 18.2 Å². The van der Waals surface area contributed by atoms with E-state index in [0.717, 1.165) is 12.0 Å². The molecule has 118 valence electrons. The first-order valence-electron chi connectivity index (χ1n) is 7.14. The van der Waals surface area contributed by atoms with Crippen LogP contribution in [-0.4, -0.2) is 47.5 Å². The fourth-order valence-corrected chi connectivity index (χ4v) is 2.33. The molecule has 3 amide bonds. The summed E-state index contributed by atoms with van der Waals surface area (Å²) in [6, 6.07) is 7.81. The first-order chi connectivity index (χ1) is 10.6. The number of fused-ring (bicyclic) bond motifs is 1. The van der Waals surface area contributed by atoms with Gasteiger partial charge in [-0.15, -0.1) is 0 Å². The smallest absolute Gasteiger partial charge is 0.322 e. The lowest BCUT2D eigenvalue weighted by Gasteiger charge is -2.28. The summed E-state index contributed by atoms with van der Waals surface area (Å²) in [4.78, 5) is 35.4. The van der Waals surface area contributed by atoms with E-state index in [-0.39, 0.29) is 19.0 Å². The number of rotatable bonds is 5. The van der Waals surface area contributed by atoms with Crippen molar-refractivity contribution in [3.63, 3.8) is 0 Å². The highest BCUT2D eigenvalue weighted by molar-refractivity contribution is 5.82. The number of nitrogens with one attached hydrogen (secondary N) is 2. The molecule has 0 spiro atoms. The van der Waals surface area contributed by atoms with Crippen LogP contribution in [0.2, 0.25) is 0 Å². The van der Waals surface area contributed by atoms with Gasteiger partial charge < -0.3 is 20.6 Å². The van der Waals surface area contributed by atoms with Crippen LogP contribution in [-0.2, 0) is 22.6 Å². The third-order valence-corrected chi connectivity index (χ3v) is 3.48. The Morgan fingerprint density at radius 1 is 1.14 bits per heavy atom. The lowest BCUT2D eigenvalue weighted by molar-refractivity contribution is -0.137. The number of carboxylic acids is 1. The molecule has 1 aliphatic heterocycles. The number of urea groups is 1. The summed E-state index contributed by atoms with van der Waals surface area (Å²) in [5, 5.41) is 13.4. The van der Waals surface area contributed by atoms with Crippen molar-refractivity contribution in [2.45, 2.75) is 19.4 Å². The Kier molecular flexibility index (Phi) is 5.35. The molecular weight excluding hydrogens is 286 g/mol. The molecule has 0 unspecified atom stereocenters. The van der Waals surface area contributed by atoms with E-state index >= 15 is 0 Å². The summed E-state index contributed by atoms with van der Waals surface area (Å²) >= 11 is 0. The Bertz CT molecular complexity index is 574. The standard InChI is InChI=1S/C15H19N3O4/c19-13(17-9-14(20)21)5-7-16-15(22)18-8-6-11-3-1-2-4-12(11)10-18/h1-4H,5-10H2,(H,16,22)(H,17,19)(H,20,21). The van der Waals surface area contributed by atoms with Crippen molar-refractivity contribution in [2.75, 3.05) is 19.6 Å². The zero-order chi connectivity index (χ0) is 15.9. The van der Waals surface area contributed by atoms with Gasteiger partial charge in [0, 0.05) is 26.1 Å². The summed E-state index contributed by atoms with van der Waals surface area (Å²) in [7, 11) is 0. The van der Waals surface area contributed by atoms with Gasteiger partial charge in [0.2, 0.25) is 5.91 Å². The second-order valence-corrected chi connectivity index (χ2v) is 5.09. The van der Waals surface area contributed by atoms with E-state index in [1.54, 1.807) is 4.90 Å². The molecule has 1 aliphatic rings. The minimum absolute atomic E-state index is 0.0590. The molecule has 3 N–H and O–H groups in total. The molecule has 0 radical (unpaired) electrons. The molecule has 1 aromatic carbocycles. The van der Waals surface area contributed by atoms with Gasteiger partial charge in [-0.3, -0.25) is 9.59 Å². The van der Waals surface area contributed by atoms with Crippen LogP contribution in [0.1, 0.15) is 17.5 Å². The summed E-state index contributed by atoms with van der Waals surface area (Å²) in [5.41, 5.74) is 2.41. The van der Waals surface area contributed by atoms with Crippen molar-refractivity contribution in [3.05, 3.63) is 35.4 Å². The Hall–Kier alpha value is -2.57. The Balaban J connectivity index is 1.72. The fourth-order valence-electron chi connectivity index (χ4n) is 2.33. The first kappa shape index (κ1) is 15.8. The minimum atomic E-state index is -1.09. The predicted molar refractivity (Wildman–Crippen MR) is 79.2 cm³/mol. The number of hydrogen-bond acceptors (Lipinski definition) is 3. The van der Waals surface area contributed by atoms with Gasteiger partial charge in [-0.2, -0.15) is 0 Å². The maximum absolute atomic E-state index is 12.0. The number of carbonyl (C=O) groups excluding carboxylic acids is 2. The predicted octanol–water partition coefficient (Wildman–Crippen LogP) is 0.345. The average Bonchev–Trinajstić information content (AvgIpc) is 2.52. The highest BCUT2D eigenvalue weighted by atomic mass is 16.4. The molecule has 7 nitrogen and oxygen atoms in total. The van der Waals surface area contributed by atoms with Crippen LogP contribution in [0.15, 0.2) is 24.3 Å². The summed E-state index contributed by atoms with van der Waals surface area (Å²) < 4.78 is 0. The van der Waals surface area contributed by atoms with Crippen LogP contribution in [0.4, 0.5) is 4.79 Å². The van der Waals surface area contributed by atoms with E-state index in [4.69, 9.17) is 5.11 Å². The van der Waals surface area contributed by atoms with Gasteiger partial charge in [-0.05, 0) is 17.5 Å². The lowest BCUT2D eigenvalue weighted by Crippen LogP contribution is -2.43. The maximum atomic E-state index is 12.0. The van der Waals surface area contributed by atoms with Crippen molar-refractivity contribution in [1.82, 2.24) is 15.5 Å². The number of aliphatic carboxylic acids is 1. The molecule has 0 atom stereocenters. The van der Waals surface area contributed by atoms with Crippen LogP contribution in [0.25, 0.3) is 0 Å². The summed E-state index contributed by atoms with van der Waals surface area (Å²) in [6.07, 6.45) is 0.881. The minimum Gasteiger partial charge on any atom is -0.480 e. The Morgan fingerprint density at radius 3 is 2.59 bits per heavy atom. The van der Waals surface area contributed by atoms with Crippen molar-refractivity contribution < 1.29 is 19.5 Å². The summed E-state index contributed by atoms with van der Waals surface area (Å²) in [5.74, 6) is -1.49. The molecule has 0 aliphatic carbocycles. The SMILES string of the molecule is O=C(O)CNC(=O)CCNC(=O)N1CCc2ccccc2C1. The molecule has 1 aromatic rings. The van der Waals surface area contributed by atoms with Crippen molar-refractivity contribution in [2.24, 2.45) is 0 Å². The largest absolute Gasteiger partial charge is 0.480 e. The molecule has 22 heavy (non-hydrogen) atoms. The lowest BCUT2D eigenvalue weighted by atomic mass is 10.0. The molecule has 0 bridgehead atoms. The van der Waals surface area contributed by atoms with Crippen LogP contribution in [0.3, 0.4) is 0 Å². The van der Waals surface area contributed by atoms with Crippen molar-refractivity contribution in [3.8, 4) is 0 Å². The van der Waals surface area contributed by atoms with Gasteiger partial charge in [0.25, 0.3) is 0 Å². The van der Waals surface area contributed by atoms with Gasteiger partial charge >= 0.3 is 12.0 Å². The van der Waals surface area contributed by atoms with Crippen LogP contribution in [0, 0.1) is 0 Å². The highest BCUT2D eigenvalue weighted by Gasteiger charge is 2.19. The van der Waals surface area contributed by atoms with Gasteiger partial charge in [-0.1, -0.05) is 24.3 Å². The molecule has 1 heterocycles. The van der Waals surface area contributed by atoms with Gasteiger partial charge in [0.05, 0.1) is 0 Å². The number of amides is 3. The number of hydrogen-bond donors (Lipinski definition) is 3. The van der Waals surface area contributed by atoms with Crippen LogP contribution >= 0.6 is 0 Å². The van der Waals surface area contributed by atoms with E-state index in [9.17, 15) is 14.4 Å². The summed E-state index contributed by atoms with van der Waals surface area (Å²) in [6.45, 7) is 0.986. The maximum Gasteiger partial charge on any atom is 0.322 e. The molecular formula is C15H19N3O4. The normalized spacial score (nSPS) is 13.2. The number of benzene rings is 1. The molecule has 2 rings (SSSR count). The van der Waals surface area contributed by atoms with E-state index < -0.39 is 18.4 Å². The third-order valence-electron chi connectivity index (χ3n) is 3.48. The number of carbonyl (C=O) groups is 3.